The Morgan fingerprint density at radius 1 is 1.35 bits per heavy atom. The Morgan fingerprint density at radius 2 is 2.00 bits per heavy atom. The van der Waals surface area contributed by atoms with Gasteiger partial charge in [-0.3, -0.25) is 9.59 Å². The molecule has 0 spiro atoms. The van der Waals surface area contributed by atoms with Crippen molar-refractivity contribution in [3.05, 3.63) is 29.3 Å². The average Bonchev–Trinajstić information content (AvgIpc) is 2.35. The van der Waals surface area contributed by atoms with Crippen molar-refractivity contribution in [2.45, 2.75) is 19.8 Å². The van der Waals surface area contributed by atoms with Crippen LogP contribution in [0.5, 0.6) is 5.75 Å². The summed E-state index contributed by atoms with van der Waals surface area (Å²) < 4.78 is 5.21. The quantitative estimate of drug-likeness (QED) is 0.461. The largest absolute Gasteiger partial charge is 0.496 e. The Morgan fingerprint density at radius 3 is 2.47 bits per heavy atom. The average molecular weight is 255 g/mol. The maximum Gasteiger partial charge on any atom is 0.229 e. The van der Waals surface area contributed by atoms with E-state index in [2.05, 4.69) is 0 Å². The topological polar surface area (TPSA) is 43.4 Å². The van der Waals surface area contributed by atoms with Crippen molar-refractivity contribution in [2.24, 2.45) is 0 Å². The summed E-state index contributed by atoms with van der Waals surface area (Å²) in [6.07, 6.45) is 0. The normalized spacial score (nSPS) is 10.4. The maximum atomic E-state index is 11.7. The SMILES string of the molecule is COc1ccc(C(=O)C(=O)CCl)cc1C(C)C. The van der Waals surface area contributed by atoms with Gasteiger partial charge in [0.25, 0.3) is 0 Å². The summed E-state index contributed by atoms with van der Waals surface area (Å²) in [7, 11) is 1.58. The Labute approximate surface area is 106 Å². The molecule has 0 amide bonds. The van der Waals surface area contributed by atoms with Crippen LogP contribution >= 0.6 is 11.6 Å². The molecule has 1 aromatic rings. The lowest BCUT2D eigenvalue weighted by molar-refractivity contribution is -0.112. The zero-order chi connectivity index (χ0) is 13.0. The highest BCUT2D eigenvalue weighted by Crippen LogP contribution is 2.27. The molecule has 1 rings (SSSR count). The van der Waals surface area contributed by atoms with Gasteiger partial charge in [-0.05, 0) is 29.7 Å². The second-order valence-electron chi connectivity index (χ2n) is 4.00. The first-order chi connectivity index (χ1) is 8.01. The lowest BCUT2D eigenvalue weighted by Crippen LogP contribution is -2.15. The number of benzene rings is 1. The van der Waals surface area contributed by atoms with Crippen molar-refractivity contribution in [3.8, 4) is 5.75 Å². The first-order valence-corrected chi connectivity index (χ1v) is 5.86. The molecule has 0 aliphatic rings. The van der Waals surface area contributed by atoms with Crippen molar-refractivity contribution in [2.75, 3.05) is 13.0 Å². The molecule has 4 heteroatoms. The third kappa shape index (κ3) is 3.07. The molecule has 0 heterocycles. The van der Waals surface area contributed by atoms with E-state index in [0.29, 0.717) is 5.56 Å². The molecule has 0 bridgehead atoms. The van der Waals surface area contributed by atoms with E-state index in [4.69, 9.17) is 16.3 Å². The Hall–Kier alpha value is -1.35. The summed E-state index contributed by atoms with van der Waals surface area (Å²) in [5, 5.41) is 0. The predicted octanol–water partition coefficient (Wildman–Crippen LogP) is 2.81. The molecular formula is C13H15ClO3. The molecule has 0 fully saturated rings. The van der Waals surface area contributed by atoms with E-state index >= 15 is 0 Å². The summed E-state index contributed by atoms with van der Waals surface area (Å²) in [4.78, 5) is 22.9. The smallest absolute Gasteiger partial charge is 0.229 e. The molecule has 0 radical (unpaired) electrons. The van der Waals surface area contributed by atoms with Crippen molar-refractivity contribution >= 4 is 23.2 Å². The minimum absolute atomic E-state index is 0.212. The lowest BCUT2D eigenvalue weighted by atomic mass is 9.97. The fourth-order valence-electron chi connectivity index (χ4n) is 1.55. The molecule has 1 aromatic carbocycles. The van der Waals surface area contributed by atoms with Gasteiger partial charge in [0.15, 0.2) is 0 Å². The Kier molecular flexibility index (Phi) is 4.70. The first-order valence-electron chi connectivity index (χ1n) is 5.32. The molecule has 0 aliphatic carbocycles. The number of carbonyl (C=O) groups excluding carboxylic acids is 2. The molecule has 0 saturated heterocycles. The summed E-state index contributed by atoms with van der Waals surface area (Å²) in [5.74, 6) is -0.503. The molecule has 92 valence electrons. The van der Waals surface area contributed by atoms with Gasteiger partial charge in [0.2, 0.25) is 11.6 Å². The number of alkyl halides is 1. The van der Waals surface area contributed by atoms with E-state index in [-0.39, 0.29) is 11.8 Å². The van der Waals surface area contributed by atoms with Gasteiger partial charge in [0.05, 0.1) is 13.0 Å². The fraction of sp³-hybridized carbons (Fsp3) is 0.385. The number of rotatable bonds is 5. The number of methoxy groups -OCH3 is 1. The molecule has 0 aliphatic heterocycles. The van der Waals surface area contributed by atoms with Gasteiger partial charge >= 0.3 is 0 Å². The summed E-state index contributed by atoms with van der Waals surface area (Å²) >= 11 is 5.36. The predicted molar refractivity (Wildman–Crippen MR) is 67.1 cm³/mol. The molecule has 3 nitrogen and oxygen atoms in total. The van der Waals surface area contributed by atoms with Crippen LogP contribution in [0.2, 0.25) is 0 Å². The Balaban J connectivity index is 3.16. The van der Waals surface area contributed by atoms with Crippen LogP contribution in [-0.4, -0.2) is 24.6 Å². The van der Waals surface area contributed by atoms with Crippen LogP contribution in [0.1, 0.15) is 35.7 Å². The zero-order valence-corrected chi connectivity index (χ0v) is 10.9. The highest BCUT2D eigenvalue weighted by Gasteiger charge is 2.17. The third-order valence-electron chi connectivity index (χ3n) is 2.49. The fourth-order valence-corrected chi connectivity index (χ4v) is 1.67. The van der Waals surface area contributed by atoms with Crippen LogP contribution in [0.4, 0.5) is 0 Å². The zero-order valence-electron chi connectivity index (χ0n) is 10.1. The van der Waals surface area contributed by atoms with E-state index in [1.807, 2.05) is 13.8 Å². The number of hydrogen-bond acceptors (Lipinski definition) is 3. The van der Waals surface area contributed by atoms with Crippen LogP contribution in [0.3, 0.4) is 0 Å². The van der Waals surface area contributed by atoms with Crippen molar-refractivity contribution < 1.29 is 14.3 Å². The van der Waals surface area contributed by atoms with Gasteiger partial charge in [-0.1, -0.05) is 13.8 Å². The molecule has 17 heavy (non-hydrogen) atoms. The number of hydrogen-bond donors (Lipinski definition) is 0. The number of carbonyl (C=O) groups is 2. The van der Waals surface area contributed by atoms with Crippen LogP contribution in [-0.2, 0) is 4.79 Å². The standard InChI is InChI=1S/C13H15ClO3/c1-8(2)10-6-9(4-5-12(10)17-3)13(16)11(15)7-14/h4-6,8H,7H2,1-3H3. The molecular weight excluding hydrogens is 240 g/mol. The van der Waals surface area contributed by atoms with Crippen LogP contribution in [0, 0.1) is 0 Å². The summed E-state index contributed by atoms with van der Waals surface area (Å²) in [6, 6.07) is 4.97. The van der Waals surface area contributed by atoms with Crippen LogP contribution in [0.25, 0.3) is 0 Å². The van der Waals surface area contributed by atoms with Crippen molar-refractivity contribution in [3.63, 3.8) is 0 Å². The maximum absolute atomic E-state index is 11.7. The van der Waals surface area contributed by atoms with E-state index in [9.17, 15) is 9.59 Å². The third-order valence-corrected chi connectivity index (χ3v) is 2.73. The minimum atomic E-state index is -0.591. The highest BCUT2D eigenvalue weighted by molar-refractivity contribution is 6.51. The monoisotopic (exact) mass is 254 g/mol. The highest BCUT2D eigenvalue weighted by atomic mass is 35.5. The minimum Gasteiger partial charge on any atom is -0.496 e. The van der Waals surface area contributed by atoms with Gasteiger partial charge < -0.3 is 4.74 Å². The summed E-state index contributed by atoms with van der Waals surface area (Å²) in [6.45, 7) is 3.99. The van der Waals surface area contributed by atoms with Gasteiger partial charge in [0.1, 0.15) is 5.75 Å². The second-order valence-corrected chi connectivity index (χ2v) is 4.26. The molecule has 0 N–H and O–H groups in total. The van der Waals surface area contributed by atoms with Crippen molar-refractivity contribution in [1.82, 2.24) is 0 Å². The Bertz CT molecular complexity index is 438. The van der Waals surface area contributed by atoms with Gasteiger partial charge in [-0.2, -0.15) is 0 Å². The van der Waals surface area contributed by atoms with Gasteiger partial charge in [-0.15, -0.1) is 11.6 Å². The number of ether oxygens (including phenoxy) is 1. The van der Waals surface area contributed by atoms with Crippen molar-refractivity contribution in [1.29, 1.82) is 0 Å². The molecule has 0 atom stereocenters. The van der Waals surface area contributed by atoms with Gasteiger partial charge in [0, 0.05) is 5.56 Å². The van der Waals surface area contributed by atoms with Gasteiger partial charge in [-0.25, -0.2) is 0 Å². The summed E-state index contributed by atoms with van der Waals surface area (Å²) in [5.41, 5.74) is 1.26. The number of ketones is 2. The second kappa shape index (κ2) is 5.82. The molecule has 0 saturated carbocycles. The van der Waals surface area contributed by atoms with E-state index in [1.165, 1.54) is 0 Å². The molecule has 0 aromatic heterocycles. The van der Waals surface area contributed by atoms with Crippen LogP contribution < -0.4 is 4.74 Å². The van der Waals surface area contributed by atoms with E-state index < -0.39 is 11.6 Å². The molecule has 0 unspecified atom stereocenters. The van der Waals surface area contributed by atoms with E-state index in [0.717, 1.165) is 11.3 Å². The first kappa shape index (κ1) is 13.7. The van der Waals surface area contributed by atoms with E-state index in [1.54, 1.807) is 25.3 Å². The lowest BCUT2D eigenvalue weighted by Gasteiger charge is -2.12. The number of Topliss-reactive ketones (excluding diaryl/α,β-unsaturated/α-hetero) is 2. The van der Waals surface area contributed by atoms with Crippen LogP contribution in [0.15, 0.2) is 18.2 Å². The number of halogens is 1.